The summed E-state index contributed by atoms with van der Waals surface area (Å²) in [4.78, 5) is 0. The van der Waals surface area contributed by atoms with Crippen LogP contribution in [0.2, 0.25) is 0 Å². The fourth-order valence-corrected chi connectivity index (χ4v) is 0.695. The van der Waals surface area contributed by atoms with Crippen LogP contribution in [0.4, 0.5) is 0 Å². The van der Waals surface area contributed by atoms with Crippen LogP contribution in [0.3, 0.4) is 0 Å². The van der Waals surface area contributed by atoms with Crippen LogP contribution in [-0.4, -0.2) is 49.4 Å². The van der Waals surface area contributed by atoms with Crippen LogP contribution < -0.4 is 0 Å². The summed E-state index contributed by atoms with van der Waals surface area (Å²) in [6.45, 7) is 7.92. The van der Waals surface area contributed by atoms with E-state index in [-0.39, 0.29) is 13.2 Å². The molecule has 0 aromatic heterocycles. The van der Waals surface area contributed by atoms with E-state index in [0.717, 1.165) is 6.61 Å². The number of aliphatic hydroxyl groups excluding tert-OH is 2. The maximum absolute atomic E-state index is 8.09. The highest BCUT2D eigenvalue weighted by Crippen LogP contribution is 1.91. The van der Waals surface area contributed by atoms with Crippen molar-refractivity contribution in [1.29, 1.82) is 0 Å². The molecule has 15 heavy (non-hydrogen) atoms. The lowest BCUT2D eigenvalue weighted by molar-refractivity contribution is 0.0650. The second-order valence-electron chi connectivity index (χ2n) is 3.33. The van der Waals surface area contributed by atoms with Crippen molar-refractivity contribution in [2.45, 2.75) is 39.7 Å². The average molecular weight is 222 g/mol. The molecule has 0 radical (unpaired) electrons. The minimum Gasteiger partial charge on any atom is -0.394 e. The number of aliphatic hydroxyl groups is 2. The molecule has 0 fully saturated rings. The smallest absolute Gasteiger partial charge is 0.0698 e. The number of unbranched alkanes of at least 4 members (excludes halogenated alkanes) is 1. The predicted octanol–water partition coefficient (Wildman–Crippen LogP) is 1.20. The van der Waals surface area contributed by atoms with Gasteiger partial charge in [-0.25, -0.2) is 0 Å². The second kappa shape index (κ2) is 16.3. The number of hydrogen-bond donors (Lipinski definition) is 2. The van der Waals surface area contributed by atoms with Crippen molar-refractivity contribution in [2.24, 2.45) is 0 Å². The minimum absolute atomic E-state index is 0.0278. The maximum atomic E-state index is 8.09. The first kappa shape index (κ1) is 17.2. The molecule has 0 saturated carbocycles. The van der Waals surface area contributed by atoms with Crippen molar-refractivity contribution < 1.29 is 19.7 Å². The van der Waals surface area contributed by atoms with E-state index in [0.29, 0.717) is 19.3 Å². The summed E-state index contributed by atoms with van der Waals surface area (Å²) in [7, 11) is 0. The first-order chi connectivity index (χ1) is 7.18. The van der Waals surface area contributed by atoms with Gasteiger partial charge in [0, 0.05) is 6.61 Å². The molecule has 0 aromatic rings. The van der Waals surface area contributed by atoms with Crippen molar-refractivity contribution in [3.05, 3.63) is 0 Å². The van der Waals surface area contributed by atoms with Crippen LogP contribution in [0.15, 0.2) is 0 Å². The van der Waals surface area contributed by atoms with Gasteiger partial charge in [-0.2, -0.15) is 0 Å². The lowest BCUT2D eigenvalue weighted by Gasteiger charge is -2.04. The summed E-state index contributed by atoms with van der Waals surface area (Å²) < 4.78 is 9.91. The first-order valence-corrected chi connectivity index (χ1v) is 5.60. The van der Waals surface area contributed by atoms with Gasteiger partial charge >= 0.3 is 0 Å². The van der Waals surface area contributed by atoms with E-state index in [2.05, 4.69) is 25.5 Å². The first-order valence-electron chi connectivity index (χ1n) is 5.60. The zero-order valence-corrected chi connectivity index (χ0v) is 10.2. The normalized spacial score (nSPS) is 10.0. The molecule has 0 saturated heterocycles. The number of rotatable bonds is 8. The average Bonchev–Trinajstić information content (AvgIpc) is 2.20. The summed E-state index contributed by atoms with van der Waals surface area (Å²) in [5.41, 5.74) is 0. The molecule has 0 aliphatic rings. The van der Waals surface area contributed by atoms with Crippen LogP contribution >= 0.6 is 0 Å². The summed E-state index contributed by atoms with van der Waals surface area (Å²) in [5.74, 6) is 0. The third-order valence-electron chi connectivity index (χ3n) is 1.42. The Bertz CT molecular complexity index is 92.6. The highest BCUT2D eigenvalue weighted by atomic mass is 16.5. The van der Waals surface area contributed by atoms with E-state index in [9.17, 15) is 0 Å². The Hall–Kier alpha value is -0.160. The van der Waals surface area contributed by atoms with Gasteiger partial charge in [-0.3, -0.25) is 0 Å². The van der Waals surface area contributed by atoms with E-state index < -0.39 is 0 Å². The van der Waals surface area contributed by atoms with Crippen LogP contribution in [0.1, 0.15) is 33.6 Å². The zero-order chi connectivity index (χ0) is 11.9. The SMILES string of the molecule is CCCCOC(C)C.OCCOCCO. The van der Waals surface area contributed by atoms with E-state index in [1.54, 1.807) is 0 Å². The van der Waals surface area contributed by atoms with Crippen LogP contribution in [0.25, 0.3) is 0 Å². The molecule has 0 atom stereocenters. The summed E-state index contributed by atoms with van der Waals surface area (Å²) in [5, 5.41) is 16.2. The minimum atomic E-state index is 0.0278. The Morgan fingerprint density at radius 3 is 1.87 bits per heavy atom. The van der Waals surface area contributed by atoms with Gasteiger partial charge in [-0.05, 0) is 20.3 Å². The highest BCUT2D eigenvalue weighted by Gasteiger charge is 1.89. The summed E-state index contributed by atoms with van der Waals surface area (Å²) >= 11 is 0. The molecule has 0 spiro atoms. The van der Waals surface area contributed by atoms with Crippen molar-refractivity contribution in [3.8, 4) is 0 Å². The molecule has 0 aliphatic carbocycles. The lowest BCUT2D eigenvalue weighted by atomic mass is 10.3. The Labute approximate surface area is 93.2 Å². The van der Waals surface area contributed by atoms with Gasteiger partial charge in [-0.15, -0.1) is 0 Å². The molecule has 0 bridgehead atoms. The van der Waals surface area contributed by atoms with Crippen molar-refractivity contribution in [3.63, 3.8) is 0 Å². The van der Waals surface area contributed by atoms with Crippen LogP contribution in [0, 0.1) is 0 Å². The Morgan fingerprint density at radius 1 is 1.00 bits per heavy atom. The molecular formula is C11H26O4. The Morgan fingerprint density at radius 2 is 1.53 bits per heavy atom. The quantitative estimate of drug-likeness (QED) is 0.606. The third-order valence-corrected chi connectivity index (χ3v) is 1.42. The molecule has 94 valence electrons. The number of ether oxygens (including phenoxy) is 2. The van der Waals surface area contributed by atoms with Gasteiger partial charge in [-0.1, -0.05) is 13.3 Å². The fraction of sp³-hybridized carbons (Fsp3) is 1.00. The molecule has 4 heteroatoms. The van der Waals surface area contributed by atoms with Gasteiger partial charge in [0.1, 0.15) is 0 Å². The molecule has 0 amide bonds. The van der Waals surface area contributed by atoms with Gasteiger partial charge in [0.05, 0.1) is 32.5 Å². The molecule has 4 nitrogen and oxygen atoms in total. The van der Waals surface area contributed by atoms with Gasteiger partial charge in [0.15, 0.2) is 0 Å². The van der Waals surface area contributed by atoms with Gasteiger partial charge in [0.2, 0.25) is 0 Å². The lowest BCUT2D eigenvalue weighted by Crippen LogP contribution is -2.03. The molecule has 2 N–H and O–H groups in total. The van der Waals surface area contributed by atoms with Crippen LogP contribution in [-0.2, 0) is 9.47 Å². The second-order valence-corrected chi connectivity index (χ2v) is 3.33. The highest BCUT2D eigenvalue weighted by molar-refractivity contribution is 4.36. The third kappa shape index (κ3) is 24.8. The van der Waals surface area contributed by atoms with Gasteiger partial charge < -0.3 is 19.7 Å². The van der Waals surface area contributed by atoms with E-state index >= 15 is 0 Å². The van der Waals surface area contributed by atoms with Crippen molar-refractivity contribution >= 4 is 0 Å². The molecule has 0 aromatic carbocycles. The topological polar surface area (TPSA) is 58.9 Å². The molecular weight excluding hydrogens is 196 g/mol. The Kier molecular flexibility index (Phi) is 18.7. The Balaban J connectivity index is 0. The van der Waals surface area contributed by atoms with E-state index in [4.69, 9.17) is 14.9 Å². The number of hydrogen-bond acceptors (Lipinski definition) is 4. The summed E-state index contributed by atoms with van der Waals surface area (Å²) in [6.07, 6.45) is 2.83. The molecule has 0 aliphatic heterocycles. The molecule has 0 unspecified atom stereocenters. The molecule has 0 rings (SSSR count). The van der Waals surface area contributed by atoms with E-state index in [1.165, 1.54) is 12.8 Å². The maximum Gasteiger partial charge on any atom is 0.0698 e. The van der Waals surface area contributed by atoms with Gasteiger partial charge in [0.25, 0.3) is 0 Å². The standard InChI is InChI=1S/C7H16O.C4H10O3/c1-4-5-6-8-7(2)3;5-1-3-7-4-2-6/h7H,4-6H2,1-3H3;5-6H,1-4H2. The van der Waals surface area contributed by atoms with Crippen LogP contribution in [0.5, 0.6) is 0 Å². The summed E-state index contributed by atoms with van der Waals surface area (Å²) in [6, 6.07) is 0. The monoisotopic (exact) mass is 222 g/mol. The largest absolute Gasteiger partial charge is 0.394 e. The zero-order valence-electron chi connectivity index (χ0n) is 10.2. The predicted molar refractivity (Wildman–Crippen MR) is 61.0 cm³/mol. The van der Waals surface area contributed by atoms with Crippen molar-refractivity contribution in [2.75, 3.05) is 33.0 Å². The van der Waals surface area contributed by atoms with E-state index in [1.807, 2.05) is 0 Å². The fourth-order valence-electron chi connectivity index (χ4n) is 0.695. The van der Waals surface area contributed by atoms with Crippen molar-refractivity contribution in [1.82, 2.24) is 0 Å². The molecule has 0 heterocycles.